The number of nitrogens with zero attached hydrogens (tertiary/aromatic N) is 1. The zero-order valence-electron chi connectivity index (χ0n) is 16.6. The molecular weight excluding hydrogens is 488 g/mol. The Balaban J connectivity index is 1.84. The normalized spacial score (nSPS) is 10.7. The van der Waals surface area contributed by atoms with Crippen molar-refractivity contribution in [3.05, 3.63) is 63.7 Å². The van der Waals surface area contributed by atoms with Crippen molar-refractivity contribution in [3.8, 4) is 0 Å². The average Bonchev–Trinajstić information content (AvgIpc) is 3.10. The van der Waals surface area contributed by atoms with Crippen molar-refractivity contribution in [1.29, 1.82) is 0 Å². The number of methoxy groups -OCH3 is 1. The summed E-state index contributed by atoms with van der Waals surface area (Å²) in [5.41, 5.74) is 3.73. The van der Waals surface area contributed by atoms with Gasteiger partial charge in [-0.3, -0.25) is 19.8 Å². The van der Waals surface area contributed by atoms with Crippen LogP contribution < -0.4 is 16.1 Å². The van der Waals surface area contributed by atoms with Gasteiger partial charge in [-0.2, -0.15) is 0 Å². The standard InChI is InChI=1S/C21H20BrClN4O4/c1-31-10-2-9-24-20(29)21(30)26-27-17-8-5-15(23)11-13(17)12-18(27)19(28)25-16-6-3-14(22)4-7-16/h3-8,11-12H,2,9-10H2,1H3,(H,24,29)(H,25,28)(H,26,30). The fraction of sp³-hybridized carbons (Fsp3) is 0.190. The predicted molar refractivity (Wildman–Crippen MR) is 123 cm³/mol. The molecule has 0 aliphatic carbocycles. The van der Waals surface area contributed by atoms with Crippen molar-refractivity contribution in [2.45, 2.75) is 6.42 Å². The van der Waals surface area contributed by atoms with Gasteiger partial charge >= 0.3 is 11.8 Å². The third kappa shape index (κ3) is 5.84. The lowest BCUT2D eigenvalue weighted by Crippen LogP contribution is -2.40. The zero-order chi connectivity index (χ0) is 22.4. The van der Waals surface area contributed by atoms with E-state index in [2.05, 4.69) is 32.0 Å². The van der Waals surface area contributed by atoms with Gasteiger partial charge in [-0.05, 0) is 55.0 Å². The number of hydrogen-bond acceptors (Lipinski definition) is 4. The molecule has 1 heterocycles. The monoisotopic (exact) mass is 506 g/mol. The van der Waals surface area contributed by atoms with E-state index in [4.69, 9.17) is 16.3 Å². The minimum Gasteiger partial charge on any atom is -0.385 e. The molecule has 31 heavy (non-hydrogen) atoms. The molecule has 8 nitrogen and oxygen atoms in total. The van der Waals surface area contributed by atoms with Crippen LogP contribution in [0.1, 0.15) is 16.9 Å². The van der Waals surface area contributed by atoms with E-state index in [-0.39, 0.29) is 5.69 Å². The molecule has 3 rings (SSSR count). The van der Waals surface area contributed by atoms with Gasteiger partial charge in [0.15, 0.2) is 0 Å². The third-order valence-electron chi connectivity index (χ3n) is 4.33. The first-order valence-corrected chi connectivity index (χ1v) is 10.5. The first kappa shape index (κ1) is 22.8. The van der Waals surface area contributed by atoms with Crippen LogP contribution >= 0.6 is 27.5 Å². The molecule has 1 aromatic heterocycles. The quantitative estimate of drug-likeness (QED) is 0.336. The molecule has 0 radical (unpaired) electrons. The Morgan fingerprint density at radius 2 is 1.81 bits per heavy atom. The maximum absolute atomic E-state index is 12.9. The molecule has 0 atom stereocenters. The maximum Gasteiger partial charge on any atom is 0.328 e. The van der Waals surface area contributed by atoms with Gasteiger partial charge in [-0.15, -0.1) is 0 Å². The van der Waals surface area contributed by atoms with E-state index >= 15 is 0 Å². The smallest absolute Gasteiger partial charge is 0.328 e. The Labute approximate surface area is 192 Å². The second-order valence-corrected chi connectivity index (χ2v) is 7.92. The average molecular weight is 508 g/mol. The number of amides is 3. The summed E-state index contributed by atoms with van der Waals surface area (Å²) < 4.78 is 7.06. The second kappa shape index (κ2) is 10.4. The number of fused-ring (bicyclic) bond motifs is 1. The molecule has 0 aliphatic rings. The molecule has 3 N–H and O–H groups in total. The number of carbonyl (C=O) groups is 3. The lowest BCUT2D eigenvalue weighted by atomic mass is 10.2. The van der Waals surface area contributed by atoms with Crippen molar-refractivity contribution in [2.24, 2.45) is 0 Å². The Bertz CT molecular complexity index is 1110. The molecular formula is C21H20BrClN4O4. The van der Waals surface area contributed by atoms with E-state index < -0.39 is 17.7 Å². The highest BCUT2D eigenvalue weighted by molar-refractivity contribution is 9.10. The highest BCUT2D eigenvalue weighted by atomic mass is 79.9. The molecule has 0 aliphatic heterocycles. The van der Waals surface area contributed by atoms with Gasteiger partial charge in [-0.1, -0.05) is 27.5 Å². The van der Waals surface area contributed by atoms with Gasteiger partial charge in [0.05, 0.1) is 5.52 Å². The van der Waals surface area contributed by atoms with Crippen LogP contribution in [0.5, 0.6) is 0 Å². The summed E-state index contributed by atoms with van der Waals surface area (Å²) in [6, 6.07) is 13.6. The Morgan fingerprint density at radius 1 is 1.06 bits per heavy atom. The number of nitrogens with one attached hydrogen (secondary N) is 3. The molecule has 10 heteroatoms. The summed E-state index contributed by atoms with van der Waals surface area (Å²) in [4.78, 5) is 37.5. The van der Waals surface area contributed by atoms with E-state index in [0.29, 0.717) is 41.2 Å². The number of ether oxygens (including phenoxy) is 1. The van der Waals surface area contributed by atoms with Crippen LogP contribution in [-0.2, 0) is 14.3 Å². The van der Waals surface area contributed by atoms with E-state index in [1.165, 1.54) is 4.68 Å². The van der Waals surface area contributed by atoms with E-state index in [1.54, 1.807) is 55.6 Å². The van der Waals surface area contributed by atoms with Gasteiger partial charge < -0.3 is 15.4 Å². The van der Waals surface area contributed by atoms with Crippen LogP contribution in [0.4, 0.5) is 5.69 Å². The Hall–Kier alpha value is -2.88. The van der Waals surface area contributed by atoms with Crippen LogP contribution in [0.15, 0.2) is 53.0 Å². The van der Waals surface area contributed by atoms with Crippen LogP contribution in [-0.4, -0.2) is 42.7 Å². The number of benzene rings is 2. The Morgan fingerprint density at radius 3 is 2.52 bits per heavy atom. The Kier molecular flexibility index (Phi) is 7.67. The van der Waals surface area contributed by atoms with Gasteiger partial charge in [-0.25, -0.2) is 4.68 Å². The number of anilines is 1. The van der Waals surface area contributed by atoms with Crippen molar-refractivity contribution in [3.63, 3.8) is 0 Å². The van der Waals surface area contributed by atoms with Gasteiger partial charge in [0.25, 0.3) is 5.91 Å². The van der Waals surface area contributed by atoms with E-state index in [9.17, 15) is 14.4 Å². The molecule has 2 aromatic carbocycles. The predicted octanol–water partition coefficient (Wildman–Crippen LogP) is 3.53. The number of hydrogen-bond donors (Lipinski definition) is 3. The van der Waals surface area contributed by atoms with E-state index in [0.717, 1.165) is 4.47 Å². The summed E-state index contributed by atoms with van der Waals surface area (Å²) in [6.45, 7) is 0.754. The highest BCUT2D eigenvalue weighted by Gasteiger charge is 2.21. The molecule has 0 unspecified atom stereocenters. The number of aromatic nitrogens is 1. The summed E-state index contributed by atoms with van der Waals surface area (Å²) >= 11 is 9.41. The zero-order valence-corrected chi connectivity index (χ0v) is 18.9. The topological polar surface area (TPSA) is 101 Å². The summed E-state index contributed by atoms with van der Waals surface area (Å²) in [7, 11) is 1.55. The number of carbonyl (C=O) groups excluding carboxylic acids is 3. The number of rotatable bonds is 7. The molecule has 3 aromatic rings. The second-order valence-electron chi connectivity index (χ2n) is 6.57. The van der Waals surface area contributed by atoms with Crippen molar-refractivity contribution in [1.82, 2.24) is 9.99 Å². The highest BCUT2D eigenvalue weighted by Crippen LogP contribution is 2.24. The van der Waals surface area contributed by atoms with Gasteiger partial charge in [0.2, 0.25) is 0 Å². The fourth-order valence-electron chi connectivity index (χ4n) is 2.85. The summed E-state index contributed by atoms with van der Waals surface area (Å²) in [5.74, 6) is -2.18. The van der Waals surface area contributed by atoms with Crippen LogP contribution in [0.3, 0.4) is 0 Å². The van der Waals surface area contributed by atoms with Crippen LogP contribution in [0.25, 0.3) is 10.9 Å². The summed E-state index contributed by atoms with van der Waals surface area (Å²) in [6.07, 6.45) is 0.571. The van der Waals surface area contributed by atoms with Crippen molar-refractivity contribution < 1.29 is 19.1 Å². The van der Waals surface area contributed by atoms with Crippen molar-refractivity contribution in [2.75, 3.05) is 31.0 Å². The van der Waals surface area contributed by atoms with Crippen LogP contribution in [0.2, 0.25) is 5.02 Å². The fourth-order valence-corrected chi connectivity index (χ4v) is 3.30. The number of halogens is 2. The minimum atomic E-state index is -0.900. The first-order chi connectivity index (χ1) is 14.9. The van der Waals surface area contributed by atoms with Crippen molar-refractivity contribution >= 4 is 61.8 Å². The third-order valence-corrected chi connectivity index (χ3v) is 5.09. The van der Waals surface area contributed by atoms with Gasteiger partial charge in [0, 0.05) is 40.8 Å². The molecule has 0 saturated heterocycles. The SMILES string of the molecule is COCCCNC(=O)C(=O)Nn1c(C(=O)Nc2ccc(Br)cc2)cc2cc(Cl)ccc21. The molecule has 0 fully saturated rings. The van der Waals surface area contributed by atoms with E-state index in [1.807, 2.05) is 0 Å². The van der Waals surface area contributed by atoms with Gasteiger partial charge in [0.1, 0.15) is 5.69 Å². The first-order valence-electron chi connectivity index (χ1n) is 9.35. The minimum absolute atomic E-state index is 0.140. The summed E-state index contributed by atoms with van der Waals surface area (Å²) in [5, 5.41) is 6.40. The maximum atomic E-state index is 12.9. The molecule has 0 spiro atoms. The molecule has 0 saturated carbocycles. The van der Waals surface area contributed by atoms with Crippen LogP contribution in [0, 0.1) is 0 Å². The molecule has 162 valence electrons. The molecule has 0 bridgehead atoms. The lowest BCUT2D eigenvalue weighted by molar-refractivity contribution is -0.136. The lowest BCUT2D eigenvalue weighted by Gasteiger charge is -2.13. The molecule has 3 amide bonds. The largest absolute Gasteiger partial charge is 0.385 e.